The quantitative estimate of drug-likeness (QED) is 0.832. The Balaban J connectivity index is 2.30. The summed E-state index contributed by atoms with van der Waals surface area (Å²) >= 11 is 0. The highest BCUT2D eigenvalue weighted by Gasteiger charge is 2.25. The van der Waals surface area contributed by atoms with Crippen LogP contribution in [0.3, 0.4) is 0 Å². The maximum atomic E-state index is 13.1. The number of rotatable bonds is 2. The zero-order valence-corrected chi connectivity index (χ0v) is 9.79. The lowest BCUT2D eigenvalue weighted by molar-refractivity contribution is 0.333. The molecule has 2 rings (SSSR count). The van der Waals surface area contributed by atoms with E-state index in [1.54, 1.807) is 7.11 Å². The molecule has 2 atom stereocenters. The van der Waals surface area contributed by atoms with Gasteiger partial charge in [0.1, 0.15) is 11.6 Å². The monoisotopic (exact) mass is 223 g/mol. The van der Waals surface area contributed by atoms with Crippen molar-refractivity contribution in [2.45, 2.75) is 19.3 Å². The Morgan fingerprint density at radius 1 is 1.44 bits per heavy atom. The van der Waals surface area contributed by atoms with Gasteiger partial charge in [0, 0.05) is 6.07 Å². The summed E-state index contributed by atoms with van der Waals surface area (Å²) in [6.45, 7) is 4.26. The van der Waals surface area contributed by atoms with Crippen LogP contribution in [0.25, 0.3) is 0 Å². The van der Waals surface area contributed by atoms with Crippen molar-refractivity contribution in [3.8, 4) is 5.75 Å². The summed E-state index contributed by atoms with van der Waals surface area (Å²) < 4.78 is 18.4. The van der Waals surface area contributed by atoms with E-state index in [4.69, 9.17) is 4.74 Å². The van der Waals surface area contributed by atoms with Crippen LogP contribution in [0.5, 0.6) is 5.75 Å². The van der Waals surface area contributed by atoms with Gasteiger partial charge in [-0.15, -0.1) is 0 Å². The molecule has 0 aliphatic carbocycles. The first-order valence-electron chi connectivity index (χ1n) is 5.76. The first-order chi connectivity index (χ1) is 7.72. The summed E-state index contributed by atoms with van der Waals surface area (Å²) in [7, 11) is 1.60. The Morgan fingerprint density at radius 2 is 2.25 bits per heavy atom. The van der Waals surface area contributed by atoms with E-state index >= 15 is 0 Å². The zero-order valence-electron chi connectivity index (χ0n) is 9.79. The lowest BCUT2D eigenvalue weighted by Gasteiger charge is -2.30. The molecule has 0 amide bonds. The van der Waals surface area contributed by atoms with Gasteiger partial charge in [0.2, 0.25) is 0 Å². The molecule has 1 fully saturated rings. The van der Waals surface area contributed by atoms with Gasteiger partial charge in [-0.2, -0.15) is 0 Å². The number of methoxy groups -OCH3 is 1. The molecule has 0 bridgehead atoms. The van der Waals surface area contributed by atoms with E-state index in [-0.39, 0.29) is 5.82 Å². The highest BCUT2D eigenvalue weighted by Crippen LogP contribution is 2.35. The zero-order chi connectivity index (χ0) is 11.5. The van der Waals surface area contributed by atoms with Crippen molar-refractivity contribution < 1.29 is 9.13 Å². The predicted molar refractivity (Wildman–Crippen MR) is 62.3 cm³/mol. The van der Waals surface area contributed by atoms with Crippen molar-refractivity contribution in [3.63, 3.8) is 0 Å². The second-order valence-electron chi connectivity index (χ2n) is 4.46. The molecule has 0 radical (unpaired) electrons. The third kappa shape index (κ3) is 2.19. The molecule has 1 aliphatic rings. The number of ether oxygens (including phenoxy) is 1. The minimum absolute atomic E-state index is 0.234. The van der Waals surface area contributed by atoms with Crippen LogP contribution < -0.4 is 10.1 Å². The van der Waals surface area contributed by atoms with Crippen LogP contribution in [0.1, 0.15) is 24.8 Å². The summed E-state index contributed by atoms with van der Waals surface area (Å²) in [4.78, 5) is 0. The molecule has 1 N–H and O–H groups in total. The van der Waals surface area contributed by atoms with Crippen LogP contribution in [0, 0.1) is 11.7 Å². The Kier molecular flexibility index (Phi) is 3.44. The fourth-order valence-corrected chi connectivity index (χ4v) is 2.47. The second kappa shape index (κ2) is 4.83. The van der Waals surface area contributed by atoms with Gasteiger partial charge in [0.15, 0.2) is 0 Å². The van der Waals surface area contributed by atoms with Crippen LogP contribution in [-0.2, 0) is 0 Å². The first kappa shape index (κ1) is 11.4. The molecule has 1 aromatic rings. The topological polar surface area (TPSA) is 21.3 Å². The lowest BCUT2D eigenvalue weighted by atomic mass is 9.82. The Morgan fingerprint density at radius 3 is 2.94 bits per heavy atom. The predicted octanol–water partition coefficient (Wildman–Crippen LogP) is 2.55. The van der Waals surface area contributed by atoms with Crippen LogP contribution in [0.4, 0.5) is 4.39 Å². The van der Waals surface area contributed by atoms with E-state index in [2.05, 4.69) is 12.2 Å². The third-order valence-electron chi connectivity index (χ3n) is 3.38. The maximum absolute atomic E-state index is 13.1. The summed E-state index contributed by atoms with van der Waals surface area (Å²) in [6, 6.07) is 4.86. The van der Waals surface area contributed by atoms with Gasteiger partial charge in [-0.3, -0.25) is 0 Å². The molecule has 16 heavy (non-hydrogen) atoms. The molecule has 0 saturated carbocycles. The summed E-state index contributed by atoms with van der Waals surface area (Å²) in [5.74, 6) is 1.48. The molecular weight excluding hydrogens is 205 g/mol. The molecular formula is C13H18FNO. The van der Waals surface area contributed by atoms with Gasteiger partial charge in [0.25, 0.3) is 0 Å². The Hall–Kier alpha value is -1.09. The maximum Gasteiger partial charge on any atom is 0.126 e. The van der Waals surface area contributed by atoms with Gasteiger partial charge in [-0.25, -0.2) is 4.39 Å². The number of benzene rings is 1. The Bertz CT molecular complexity index is 367. The largest absolute Gasteiger partial charge is 0.496 e. The molecule has 2 nitrogen and oxygen atoms in total. The Labute approximate surface area is 95.8 Å². The van der Waals surface area contributed by atoms with Gasteiger partial charge >= 0.3 is 0 Å². The van der Waals surface area contributed by atoms with Gasteiger partial charge in [-0.05, 0) is 43.0 Å². The molecule has 3 heteroatoms. The van der Waals surface area contributed by atoms with Gasteiger partial charge < -0.3 is 10.1 Å². The van der Waals surface area contributed by atoms with E-state index in [1.807, 2.05) is 6.07 Å². The number of hydrogen-bond acceptors (Lipinski definition) is 2. The number of hydrogen-bond donors (Lipinski definition) is 1. The van der Waals surface area contributed by atoms with Crippen LogP contribution >= 0.6 is 0 Å². The molecule has 1 saturated heterocycles. The van der Waals surface area contributed by atoms with Crippen molar-refractivity contribution in [3.05, 3.63) is 29.6 Å². The molecule has 2 unspecified atom stereocenters. The standard InChI is InChI=1S/C13H18FNO/c1-9-8-15-6-5-11(9)12-4-3-10(14)7-13(12)16-2/h3-4,7,9,11,15H,5-6,8H2,1-2H3. The lowest BCUT2D eigenvalue weighted by Crippen LogP contribution is -2.33. The SMILES string of the molecule is COc1cc(F)ccc1C1CCNCC1C. The summed E-state index contributed by atoms with van der Waals surface area (Å²) in [5, 5.41) is 3.37. The van der Waals surface area contributed by atoms with Gasteiger partial charge in [0.05, 0.1) is 7.11 Å². The fourth-order valence-electron chi connectivity index (χ4n) is 2.47. The molecule has 0 aromatic heterocycles. The molecule has 88 valence electrons. The summed E-state index contributed by atoms with van der Waals surface area (Å²) in [6.07, 6.45) is 1.09. The van der Waals surface area contributed by atoms with Gasteiger partial charge in [-0.1, -0.05) is 13.0 Å². The smallest absolute Gasteiger partial charge is 0.126 e. The van der Waals surface area contributed by atoms with Crippen LogP contribution in [-0.4, -0.2) is 20.2 Å². The van der Waals surface area contributed by atoms with E-state index < -0.39 is 0 Å². The van der Waals surface area contributed by atoms with Crippen molar-refractivity contribution in [1.82, 2.24) is 5.32 Å². The molecule has 1 aromatic carbocycles. The molecule has 1 heterocycles. The fraction of sp³-hybridized carbons (Fsp3) is 0.538. The van der Waals surface area contributed by atoms with Crippen molar-refractivity contribution in [2.24, 2.45) is 5.92 Å². The van der Waals surface area contributed by atoms with E-state index in [1.165, 1.54) is 12.1 Å². The highest BCUT2D eigenvalue weighted by atomic mass is 19.1. The number of halogens is 1. The van der Waals surface area contributed by atoms with E-state index in [9.17, 15) is 4.39 Å². The minimum Gasteiger partial charge on any atom is -0.496 e. The van der Waals surface area contributed by atoms with Crippen LogP contribution in [0.15, 0.2) is 18.2 Å². The van der Waals surface area contributed by atoms with Crippen molar-refractivity contribution in [2.75, 3.05) is 20.2 Å². The number of nitrogens with one attached hydrogen (secondary N) is 1. The second-order valence-corrected chi connectivity index (χ2v) is 4.46. The summed E-state index contributed by atoms with van der Waals surface area (Å²) in [5.41, 5.74) is 1.14. The third-order valence-corrected chi connectivity index (χ3v) is 3.38. The first-order valence-corrected chi connectivity index (χ1v) is 5.76. The normalized spacial score (nSPS) is 25.4. The van der Waals surface area contributed by atoms with E-state index in [0.717, 1.165) is 25.1 Å². The van der Waals surface area contributed by atoms with Crippen molar-refractivity contribution in [1.29, 1.82) is 0 Å². The minimum atomic E-state index is -0.234. The molecule has 0 spiro atoms. The molecule has 1 aliphatic heterocycles. The van der Waals surface area contributed by atoms with Crippen molar-refractivity contribution >= 4 is 0 Å². The highest BCUT2D eigenvalue weighted by molar-refractivity contribution is 5.37. The number of piperidine rings is 1. The van der Waals surface area contributed by atoms with E-state index in [0.29, 0.717) is 17.6 Å². The average molecular weight is 223 g/mol. The average Bonchev–Trinajstić information content (AvgIpc) is 2.30. The van der Waals surface area contributed by atoms with Crippen LogP contribution in [0.2, 0.25) is 0 Å².